The summed E-state index contributed by atoms with van der Waals surface area (Å²) in [7, 11) is 0. The molecular formula is C23H22N4O3. The second-order valence-electron chi connectivity index (χ2n) is 7.37. The van der Waals surface area contributed by atoms with Crippen molar-refractivity contribution in [3.8, 4) is 11.8 Å². The zero-order valence-corrected chi connectivity index (χ0v) is 17.3. The molecule has 0 radical (unpaired) electrons. The van der Waals surface area contributed by atoms with Gasteiger partial charge in [-0.25, -0.2) is 9.97 Å². The first kappa shape index (κ1) is 19.6. The highest BCUT2D eigenvalue weighted by Crippen LogP contribution is 2.25. The van der Waals surface area contributed by atoms with Crippen molar-refractivity contribution >= 4 is 22.6 Å². The van der Waals surface area contributed by atoms with Crippen LogP contribution in [0.25, 0.3) is 11.0 Å². The number of benzene rings is 2. The summed E-state index contributed by atoms with van der Waals surface area (Å²) in [4.78, 5) is 21.0. The van der Waals surface area contributed by atoms with Crippen LogP contribution >= 0.6 is 0 Å². The van der Waals surface area contributed by atoms with E-state index in [2.05, 4.69) is 26.5 Å². The van der Waals surface area contributed by atoms with Crippen LogP contribution in [0.5, 0.6) is 11.8 Å². The topological polar surface area (TPSA) is 90.1 Å². The minimum absolute atomic E-state index is 0.131. The number of amides is 1. The summed E-state index contributed by atoms with van der Waals surface area (Å²) in [5.74, 6) is 0.419. The Bertz CT molecular complexity index is 1210. The number of anilines is 1. The van der Waals surface area contributed by atoms with Crippen LogP contribution in [0.3, 0.4) is 0 Å². The molecule has 4 rings (SSSR count). The number of nitrogens with one attached hydrogen (secondary N) is 1. The van der Waals surface area contributed by atoms with Crippen molar-refractivity contribution in [2.75, 3.05) is 5.32 Å². The lowest BCUT2D eigenvalue weighted by Gasteiger charge is -2.08. The fourth-order valence-electron chi connectivity index (χ4n) is 3.45. The number of ether oxygens (including phenoxy) is 1. The van der Waals surface area contributed by atoms with Crippen LogP contribution in [0.2, 0.25) is 0 Å². The number of hydrogen-bond acceptors (Lipinski definition) is 6. The van der Waals surface area contributed by atoms with Gasteiger partial charge in [0.2, 0.25) is 5.91 Å². The van der Waals surface area contributed by atoms with E-state index in [0.29, 0.717) is 28.7 Å². The second-order valence-corrected chi connectivity index (χ2v) is 7.37. The fraction of sp³-hybridized carbons (Fsp3) is 0.217. The molecule has 1 N–H and O–H groups in total. The number of aryl methyl sites for hydroxylation is 4. The lowest BCUT2D eigenvalue weighted by atomic mass is 10.0. The molecule has 0 spiro atoms. The van der Waals surface area contributed by atoms with Gasteiger partial charge in [0, 0.05) is 22.5 Å². The Hall–Kier alpha value is -3.74. The van der Waals surface area contributed by atoms with E-state index in [4.69, 9.17) is 9.26 Å². The molecule has 7 nitrogen and oxygen atoms in total. The Balaban J connectivity index is 1.43. The predicted molar refractivity (Wildman–Crippen MR) is 114 cm³/mol. The third-order valence-electron chi connectivity index (χ3n) is 4.62. The van der Waals surface area contributed by atoms with Gasteiger partial charge in [-0.2, -0.15) is 0 Å². The van der Waals surface area contributed by atoms with Crippen molar-refractivity contribution < 1.29 is 14.1 Å². The first-order valence-electron chi connectivity index (χ1n) is 9.63. The molecule has 0 saturated heterocycles. The molecule has 0 aliphatic heterocycles. The third kappa shape index (κ3) is 4.30. The van der Waals surface area contributed by atoms with E-state index in [9.17, 15) is 4.79 Å². The number of carbonyl (C=O) groups excluding carboxylic acids is 1. The zero-order valence-electron chi connectivity index (χ0n) is 17.3. The lowest BCUT2D eigenvalue weighted by Crippen LogP contribution is -2.14. The van der Waals surface area contributed by atoms with E-state index >= 15 is 0 Å². The molecule has 1 amide bonds. The van der Waals surface area contributed by atoms with Crippen molar-refractivity contribution in [1.29, 1.82) is 0 Å². The smallest absolute Gasteiger partial charge is 0.322 e. The molecule has 30 heavy (non-hydrogen) atoms. The molecule has 152 valence electrons. The first-order valence-corrected chi connectivity index (χ1v) is 9.63. The standard InChI is InChI=1S/C23H22N4O3/c1-13-9-14(2)22-19(27-30-20(22)10-13)12-21(28)26-17-5-7-18(8-6-17)29-23-24-15(3)11-16(4)25-23/h5-11H,12H2,1-4H3,(H,26,28). The molecule has 2 heterocycles. The average molecular weight is 402 g/mol. The predicted octanol–water partition coefficient (Wildman–Crippen LogP) is 4.82. The largest absolute Gasteiger partial charge is 0.424 e. The van der Waals surface area contributed by atoms with Crippen LogP contribution in [0, 0.1) is 27.7 Å². The zero-order chi connectivity index (χ0) is 21.3. The van der Waals surface area contributed by atoms with E-state index in [0.717, 1.165) is 27.9 Å². The van der Waals surface area contributed by atoms with Crippen LogP contribution in [-0.2, 0) is 11.2 Å². The molecule has 0 saturated carbocycles. The number of hydrogen-bond donors (Lipinski definition) is 1. The number of aromatic nitrogens is 3. The molecule has 0 bridgehead atoms. The van der Waals surface area contributed by atoms with E-state index in [-0.39, 0.29) is 12.3 Å². The van der Waals surface area contributed by atoms with Crippen molar-refractivity contribution in [2.24, 2.45) is 0 Å². The third-order valence-corrected chi connectivity index (χ3v) is 4.62. The Morgan fingerprint density at radius 2 is 1.70 bits per heavy atom. The summed E-state index contributed by atoms with van der Waals surface area (Å²) in [6.45, 7) is 7.77. The number of fused-ring (bicyclic) bond motifs is 1. The quantitative estimate of drug-likeness (QED) is 0.514. The van der Waals surface area contributed by atoms with Crippen LogP contribution in [0.15, 0.2) is 47.0 Å². The van der Waals surface area contributed by atoms with Gasteiger partial charge in [0.1, 0.15) is 11.4 Å². The maximum absolute atomic E-state index is 12.5. The van der Waals surface area contributed by atoms with E-state index in [1.165, 1.54) is 0 Å². The summed E-state index contributed by atoms with van der Waals surface area (Å²) >= 11 is 0. The van der Waals surface area contributed by atoms with Crippen LogP contribution in [0.1, 0.15) is 28.2 Å². The van der Waals surface area contributed by atoms with Gasteiger partial charge in [0.05, 0.1) is 6.42 Å². The van der Waals surface area contributed by atoms with Crippen molar-refractivity contribution in [1.82, 2.24) is 15.1 Å². The highest BCUT2D eigenvalue weighted by Gasteiger charge is 2.15. The Morgan fingerprint density at radius 3 is 2.40 bits per heavy atom. The molecule has 0 aliphatic rings. The van der Waals surface area contributed by atoms with Crippen LogP contribution in [0.4, 0.5) is 5.69 Å². The monoisotopic (exact) mass is 402 g/mol. The number of nitrogens with zero attached hydrogens (tertiary/aromatic N) is 3. The summed E-state index contributed by atoms with van der Waals surface area (Å²) in [5, 5.41) is 7.86. The van der Waals surface area contributed by atoms with Gasteiger partial charge < -0.3 is 14.6 Å². The fourth-order valence-corrected chi connectivity index (χ4v) is 3.45. The maximum atomic E-state index is 12.5. The minimum atomic E-state index is -0.170. The van der Waals surface area contributed by atoms with Gasteiger partial charge in [-0.05, 0) is 75.2 Å². The number of rotatable bonds is 5. The van der Waals surface area contributed by atoms with Gasteiger partial charge >= 0.3 is 6.01 Å². The molecule has 0 atom stereocenters. The highest BCUT2D eigenvalue weighted by molar-refractivity contribution is 5.95. The second kappa shape index (κ2) is 7.94. The van der Waals surface area contributed by atoms with E-state index in [1.54, 1.807) is 24.3 Å². The van der Waals surface area contributed by atoms with Crippen LogP contribution in [-0.4, -0.2) is 21.0 Å². The molecule has 2 aromatic carbocycles. The molecular weight excluding hydrogens is 380 g/mol. The molecule has 7 heteroatoms. The summed E-state index contributed by atoms with van der Waals surface area (Å²) in [5.41, 5.74) is 5.82. The van der Waals surface area contributed by atoms with Crippen molar-refractivity contribution in [3.05, 3.63) is 70.7 Å². The molecule has 0 fully saturated rings. The highest BCUT2D eigenvalue weighted by atomic mass is 16.5. The van der Waals surface area contributed by atoms with Crippen molar-refractivity contribution in [3.63, 3.8) is 0 Å². The van der Waals surface area contributed by atoms with Gasteiger partial charge in [0.25, 0.3) is 0 Å². The van der Waals surface area contributed by atoms with Gasteiger partial charge in [-0.1, -0.05) is 11.2 Å². The molecule has 0 unspecified atom stereocenters. The van der Waals surface area contributed by atoms with E-state index in [1.807, 2.05) is 39.8 Å². The average Bonchev–Trinajstić information content (AvgIpc) is 3.05. The lowest BCUT2D eigenvalue weighted by molar-refractivity contribution is -0.115. The Morgan fingerprint density at radius 1 is 1.00 bits per heavy atom. The molecule has 2 aromatic heterocycles. The summed E-state index contributed by atoms with van der Waals surface area (Å²) in [6, 6.07) is 13.2. The van der Waals surface area contributed by atoms with Crippen molar-refractivity contribution in [2.45, 2.75) is 34.1 Å². The van der Waals surface area contributed by atoms with Gasteiger partial charge in [0.15, 0.2) is 5.58 Å². The summed E-state index contributed by atoms with van der Waals surface area (Å²) < 4.78 is 11.1. The minimum Gasteiger partial charge on any atom is -0.424 e. The maximum Gasteiger partial charge on any atom is 0.322 e. The van der Waals surface area contributed by atoms with Gasteiger partial charge in [-0.15, -0.1) is 0 Å². The Labute approximate surface area is 174 Å². The molecule has 4 aromatic rings. The van der Waals surface area contributed by atoms with Crippen LogP contribution < -0.4 is 10.1 Å². The number of carbonyl (C=O) groups is 1. The SMILES string of the molecule is Cc1cc(C)c2c(CC(=O)Nc3ccc(Oc4nc(C)cc(C)n4)cc3)noc2c1. The van der Waals surface area contributed by atoms with Gasteiger partial charge in [-0.3, -0.25) is 4.79 Å². The Kier molecular flexibility index (Phi) is 5.18. The molecule has 0 aliphatic carbocycles. The van der Waals surface area contributed by atoms with E-state index < -0.39 is 0 Å². The summed E-state index contributed by atoms with van der Waals surface area (Å²) in [6.07, 6.45) is 0.131. The first-order chi connectivity index (χ1) is 14.4. The normalized spacial score (nSPS) is 10.9.